The molecule has 68 valence electrons. The summed E-state index contributed by atoms with van der Waals surface area (Å²) in [5, 5.41) is 11.8. The van der Waals surface area contributed by atoms with Crippen molar-refractivity contribution in [3.8, 4) is 0 Å². The summed E-state index contributed by atoms with van der Waals surface area (Å²) in [6.45, 7) is 5.52. The molecule has 0 radical (unpaired) electrons. The van der Waals surface area contributed by atoms with Crippen molar-refractivity contribution in [1.82, 2.24) is 5.32 Å². The summed E-state index contributed by atoms with van der Waals surface area (Å²) in [5.74, 6) is -0.0927. The maximum Gasteiger partial charge on any atom is 0.303 e. The van der Waals surface area contributed by atoms with E-state index in [0.29, 0.717) is 5.92 Å². The van der Waals surface area contributed by atoms with Gasteiger partial charge in [0.2, 0.25) is 0 Å². The van der Waals surface area contributed by atoms with Gasteiger partial charge >= 0.3 is 5.97 Å². The Morgan fingerprint density at radius 2 is 2.50 bits per heavy atom. The van der Waals surface area contributed by atoms with Gasteiger partial charge in [0.1, 0.15) is 0 Å². The fourth-order valence-electron chi connectivity index (χ4n) is 1.69. The number of nitrogens with one attached hydrogen (secondary N) is 1. The van der Waals surface area contributed by atoms with Crippen molar-refractivity contribution in [1.29, 1.82) is 0 Å². The molecule has 1 aliphatic heterocycles. The average Bonchev–Trinajstić information content (AvgIpc) is 2.04. The Kier molecular flexibility index (Phi) is 3.29. The van der Waals surface area contributed by atoms with Crippen LogP contribution in [0.2, 0.25) is 0 Å². The second-order valence-electron chi connectivity index (χ2n) is 3.25. The van der Waals surface area contributed by atoms with Gasteiger partial charge in [-0.25, -0.2) is 0 Å². The van der Waals surface area contributed by atoms with Crippen molar-refractivity contribution >= 4 is 5.97 Å². The summed E-state index contributed by atoms with van der Waals surface area (Å²) in [6, 6.07) is 0. The fraction of sp³-hybridized carbons (Fsp3) is 0.667. The molecule has 2 N–H and O–H groups in total. The van der Waals surface area contributed by atoms with Crippen LogP contribution in [0.3, 0.4) is 0 Å². The number of carboxylic acids is 1. The zero-order chi connectivity index (χ0) is 8.97. The van der Waals surface area contributed by atoms with E-state index in [1.165, 1.54) is 0 Å². The molecule has 1 fully saturated rings. The SMILES string of the molecule is C=CC1CNCCC1CC(=O)O. The Bertz CT molecular complexity index is 179. The summed E-state index contributed by atoms with van der Waals surface area (Å²) >= 11 is 0. The molecule has 0 aromatic rings. The highest BCUT2D eigenvalue weighted by molar-refractivity contribution is 5.67. The highest BCUT2D eigenvalue weighted by Crippen LogP contribution is 2.23. The monoisotopic (exact) mass is 169 g/mol. The highest BCUT2D eigenvalue weighted by Gasteiger charge is 2.24. The molecular weight excluding hydrogens is 154 g/mol. The standard InChI is InChI=1S/C9H15NO2/c1-2-7-6-10-4-3-8(7)5-9(11)12/h2,7-8,10H,1,3-6H2,(H,11,12). The molecule has 0 saturated carbocycles. The van der Waals surface area contributed by atoms with Crippen LogP contribution in [0.1, 0.15) is 12.8 Å². The number of hydrogen-bond donors (Lipinski definition) is 2. The van der Waals surface area contributed by atoms with E-state index >= 15 is 0 Å². The van der Waals surface area contributed by atoms with Crippen LogP contribution in [0.4, 0.5) is 0 Å². The van der Waals surface area contributed by atoms with Gasteiger partial charge in [0, 0.05) is 13.0 Å². The first-order valence-electron chi connectivity index (χ1n) is 4.29. The number of rotatable bonds is 3. The average molecular weight is 169 g/mol. The Labute approximate surface area is 72.5 Å². The Morgan fingerprint density at radius 1 is 1.75 bits per heavy atom. The molecule has 1 heterocycles. The zero-order valence-electron chi connectivity index (χ0n) is 7.12. The fourth-order valence-corrected chi connectivity index (χ4v) is 1.69. The van der Waals surface area contributed by atoms with Crippen LogP contribution in [0.5, 0.6) is 0 Å². The van der Waals surface area contributed by atoms with Crippen LogP contribution < -0.4 is 5.32 Å². The van der Waals surface area contributed by atoms with Crippen LogP contribution in [0, 0.1) is 11.8 Å². The van der Waals surface area contributed by atoms with Gasteiger partial charge in [-0.3, -0.25) is 4.79 Å². The molecule has 0 aliphatic carbocycles. The topological polar surface area (TPSA) is 49.3 Å². The largest absolute Gasteiger partial charge is 0.481 e. The quantitative estimate of drug-likeness (QED) is 0.616. The first-order valence-corrected chi connectivity index (χ1v) is 4.29. The summed E-state index contributed by atoms with van der Waals surface area (Å²) in [7, 11) is 0. The zero-order valence-corrected chi connectivity index (χ0v) is 7.12. The van der Waals surface area contributed by atoms with Crippen LogP contribution in [-0.4, -0.2) is 24.2 Å². The lowest BCUT2D eigenvalue weighted by molar-refractivity contribution is -0.138. The minimum Gasteiger partial charge on any atom is -0.481 e. The van der Waals surface area contributed by atoms with Gasteiger partial charge in [0.25, 0.3) is 0 Å². The number of piperidine rings is 1. The summed E-state index contributed by atoms with van der Waals surface area (Å²) < 4.78 is 0. The van der Waals surface area contributed by atoms with Crippen molar-refractivity contribution in [2.45, 2.75) is 12.8 Å². The number of hydrogen-bond acceptors (Lipinski definition) is 2. The van der Waals surface area contributed by atoms with Crippen molar-refractivity contribution in [3.63, 3.8) is 0 Å². The molecule has 2 unspecified atom stereocenters. The van der Waals surface area contributed by atoms with Gasteiger partial charge in [-0.2, -0.15) is 0 Å². The normalized spacial score (nSPS) is 29.7. The van der Waals surface area contributed by atoms with E-state index in [0.717, 1.165) is 19.5 Å². The lowest BCUT2D eigenvalue weighted by Gasteiger charge is -2.28. The van der Waals surface area contributed by atoms with E-state index in [1.807, 2.05) is 6.08 Å². The van der Waals surface area contributed by atoms with E-state index in [-0.39, 0.29) is 12.3 Å². The van der Waals surface area contributed by atoms with Crippen molar-refractivity contribution in [2.24, 2.45) is 11.8 Å². The third-order valence-electron chi connectivity index (χ3n) is 2.42. The lowest BCUT2D eigenvalue weighted by atomic mass is 9.84. The van der Waals surface area contributed by atoms with Crippen molar-refractivity contribution in [3.05, 3.63) is 12.7 Å². The molecule has 0 amide bonds. The van der Waals surface area contributed by atoms with Gasteiger partial charge in [-0.1, -0.05) is 6.08 Å². The number of aliphatic carboxylic acids is 1. The second kappa shape index (κ2) is 4.26. The van der Waals surface area contributed by atoms with E-state index in [2.05, 4.69) is 11.9 Å². The number of carbonyl (C=O) groups is 1. The first-order chi connectivity index (χ1) is 5.74. The molecule has 2 atom stereocenters. The smallest absolute Gasteiger partial charge is 0.303 e. The van der Waals surface area contributed by atoms with Gasteiger partial charge in [0.15, 0.2) is 0 Å². The predicted molar refractivity (Wildman–Crippen MR) is 46.9 cm³/mol. The lowest BCUT2D eigenvalue weighted by Crippen LogP contribution is -2.36. The summed E-state index contributed by atoms with van der Waals surface area (Å²) in [6.07, 6.45) is 3.08. The molecule has 12 heavy (non-hydrogen) atoms. The van der Waals surface area contributed by atoms with Crippen LogP contribution in [0.15, 0.2) is 12.7 Å². The molecule has 0 aromatic carbocycles. The van der Waals surface area contributed by atoms with Gasteiger partial charge in [-0.05, 0) is 24.8 Å². The second-order valence-corrected chi connectivity index (χ2v) is 3.25. The molecular formula is C9H15NO2. The van der Waals surface area contributed by atoms with E-state index < -0.39 is 5.97 Å². The molecule has 3 heteroatoms. The molecule has 0 bridgehead atoms. The molecule has 1 rings (SSSR count). The Hall–Kier alpha value is -0.830. The van der Waals surface area contributed by atoms with Crippen molar-refractivity contribution < 1.29 is 9.90 Å². The third kappa shape index (κ3) is 2.34. The van der Waals surface area contributed by atoms with Crippen LogP contribution in [0.25, 0.3) is 0 Å². The van der Waals surface area contributed by atoms with E-state index in [4.69, 9.17) is 5.11 Å². The molecule has 1 aliphatic rings. The minimum absolute atomic E-state index is 0.276. The Balaban J connectivity index is 2.46. The molecule has 1 saturated heterocycles. The van der Waals surface area contributed by atoms with Crippen LogP contribution >= 0.6 is 0 Å². The van der Waals surface area contributed by atoms with E-state index in [9.17, 15) is 4.79 Å². The number of carboxylic acid groups (broad SMARTS) is 1. The predicted octanol–water partition coefficient (Wildman–Crippen LogP) is 0.873. The minimum atomic E-state index is -0.700. The third-order valence-corrected chi connectivity index (χ3v) is 2.42. The van der Waals surface area contributed by atoms with Gasteiger partial charge in [0.05, 0.1) is 0 Å². The van der Waals surface area contributed by atoms with Crippen molar-refractivity contribution in [2.75, 3.05) is 13.1 Å². The first kappa shape index (κ1) is 9.26. The van der Waals surface area contributed by atoms with Crippen LogP contribution in [-0.2, 0) is 4.79 Å². The summed E-state index contributed by atoms with van der Waals surface area (Å²) in [4.78, 5) is 10.5. The van der Waals surface area contributed by atoms with E-state index in [1.54, 1.807) is 0 Å². The molecule has 3 nitrogen and oxygen atoms in total. The highest BCUT2D eigenvalue weighted by atomic mass is 16.4. The molecule has 0 aromatic heterocycles. The summed E-state index contributed by atoms with van der Waals surface area (Å²) in [5.41, 5.74) is 0. The maximum absolute atomic E-state index is 10.5. The molecule has 0 spiro atoms. The Morgan fingerprint density at radius 3 is 3.08 bits per heavy atom. The van der Waals surface area contributed by atoms with Gasteiger partial charge < -0.3 is 10.4 Å². The maximum atomic E-state index is 10.5. The van der Waals surface area contributed by atoms with Gasteiger partial charge in [-0.15, -0.1) is 6.58 Å².